The van der Waals surface area contributed by atoms with Crippen molar-refractivity contribution in [2.45, 2.75) is 24.3 Å². The molecule has 3 aromatic rings. The second-order valence-electron chi connectivity index (χ2n) is 6.24. The van der Waals surface area contributed by atoms with E-state index in [2.05, 4.69) is 16.4 Å². The minimum Gasteiger partial charge on any atom is -0.493 e. The average molecular weight is 398 g/mol. The van der Waals surface area contributed by atoms with Crippen LogP contribution in [0.5, 0.6) is 11.5 Å². The van der Waals surface area contributed by atoms with Crippen LogP contribution in [0.2, 0.25) is 0 Å². The second-order valence-corrected chi connectivity index (χ2v) is 7.55. The molecule has 0 aliphatic heterocycles. The van der Waals surface area contributed by atoms with Crippen molar-refractivity contribution in [3.8, 4) is 17.2 Å². The summed E-state index contributed by atoms with van der Waals surface area (Å²) < 4.78 is 12.5. The summed E-state index contributed by atoms with van der Waals surface area (Å²) in [5.41, 5.74) is 2.84. The Labute approximate surface area is 168 Å². The predicted molar refractivity (Wildman–Crippen MR) is 112 cm³/mol. The molecule has 7 heteroatoms. The Morgan fingerprint density at radius 3 is 2.64 bits per heavy atom. The zero-order valence-electron chi connectivity index (χ0n) is 16.3. The third-order valence-corrected chi connectivity index (χ3v) is 5.27. The van der Waals surface area contributed by atoms with Crippen molar-refractivity contribution in [2.75, 3.05) is 19.5 Å². The van der Waals surface area contributed by atoms with E-state index in [9.17, 15) is 4.79 Å². The molecule has 1 atom stereocenters. The Hall–Kier alpha value is -2.93. The number of carbonyl (C=O) groups excluding carboxylic acids is 1. The van der Waals surface area contributed by atoms with Crippen LogP contribution in [0.15, 0.2) is 60.0 Å². The van der Waals surface area contributed by atoms with Crippen LogP contribution < -0.4 is 14.8 Å². The van der Waals surface area contributed by atoms with Gasteiger partial charge in [-0.2, -0.15) is 0 Å². The fourth-order valence-corrected chi connectivity index (χ4v) is 3.60. The number of amides is 1. The molecule has 0 aliphatic carbocycles. The summed E-state index contributed by atoms with van der Waals surface area (Å²) in [6.07, 6.45) is 3.64. The SMILES string of the molecule is COc1ccc(NC(=O)C(C)Sc2nccn2-c2cccc(C)c2)cc1OC. The average Bonchev–Trinajstić information content (AvgIpc) is 3.15. The van der Waals surface area contributed by atoms with Crippen LogP contribution in [0.4, 0.5) is 5.69 Å². The molecule has 6 nitrogen and oxygen atoms in total. The van der Waals surface area contributed by atoms with Crippen molar-refractivity contribution >= 4 is 23.4 Å². The number of methoxy groups -OCH3 is 2. The summed E-state index contributed by atoms with van der Waals surface area (Å²) in [6.45, 7) is 3.91. The number of imidazole rings is 1. The molecule has 146 valence electrons. The van der Waals surface area contributed by atoms with E-state index in [4.69, 9.17) is 9.47 Å². The topological polar surface area (TPSA) is 65.4 Å². The summed E-state index contributed by atoms with van der Waals surface area (Å²) in [5.74, 6) is 1.06. The number of thioether (sulfide) groups is 1. The van der Waals surface area contributed by atoms with E-state index in [1.807, 2.05) is 42.8 Å². The zero-order valence-corrected chi connectivity index (χ0v) is 17.1. The van der Waals surface area contributed by atoms with Crippen LogP contribution in [0.1, 0.15) is 12.5 Å². The standard InChI is InChI=1S/C21H23N3O3S/c1-14-6-5-7-17(12-14)24-11-10-22-21(24)28-15(2)20(25)23-16-8-9-18(26-3)19(13-16)27-4/h5-13,15H,1-4H3,(H,23,25). The molecule has 0 saturated heterocycles. The third kappa shape index (κ3) is 4.48. The van der Waals surface area contributed by atoms with Crippen molar-refractivity contribution in [1.29, 1.82) is 0 Å². The normalized spacial score (nSPS) is 11.7. The smallest absolute Gasteiger partial charge is 0.237 e. The first-order valence-corrected chi connectivity index (χ1v) is 9.69. The minimum absolute atomic E-state index is 0.115. The largest absolute Gasteiger partial charge is 0.493 e. The molecular formula is C21H23N3O3S. The van der Waals surface area contributed by atoms with Crippen molar-refractivity contribution in [3.05, 3.63) is 60.4 Å². The first-order chi connectivity index (χ1) is 13.5. The third-order valence-electron chi connectivity index (χ3n) is 4.19. The van der Waals surface area contributed by atoms with Crippen LogP contribution in [0.25, 0.3) is 5.69 Å². The first-order valence-electron chi connectivity index (χ1n) is 8.81. The summed E-state index contributed by atoms with van der Waals surface area (Å²) in [4.78, 5) is 17.1. The molecule has 0 bridgehead atoms. The number of aryl methyl sites for hydroxylation is 1. The lowest BCUT2D eigenvalue weighted by Crippen LogP contribution is -2.22. The van der Waals surface area contributed by atoms with Gasteiger partial charge < -0.3 is 14.8 Å². The molecule has 0 spiro atoms. The van der Waals surface area contributed by atoms with Gasteiger partial charge in [0.25, 0.3) is 0 Å². The monoisotopic (exact) mass is 397 g/mol. The summed E-state index contributed by atoms with van der Waals surface area (Å²) >= 11 is 1.41. The van der Waals surface area contributed by atoms with Gasteiger partial charge in [0.15, 0.2) is 16.7 Å². The fourth-order valence-electron chi connectivity index (χ4n) is 2.72. The molecule has 1 heterocycles. The van der Waals surface area contributed by atoms with Crippen molar-refractivity contribution in [3.63, 3.8) is 0 Å². The number of hydrogen-bond donors (Lipinski definition) is 1. The lowest BCUT2D eigenvalue weighted by molar-refractivity contribution is -0.115. The van der Waals surface area contributed by atoms with Crippen LogP contribution in [-0.2, 0) is 4.79 Å². The molecule has 0 radical (unpaired) electrons. The highest BCUT2D eigenvalue weighted by atomic mass is 32.2. The highest BCUT2D eigenvalue weighted by Crippen LogP contribution is 2.31. The molecule has 0 fully saturated rings. The Morgan fingerprint density at radius 1 is 1.14 bits per heavy atom. The molecule has 1 aromatic heterocycles. The number of rotatable bonds is 7. The van der Waals surface area contributed by atoms with Gasteiger partial charge in [0.05, 0.1) is 19.5 Å². The van der Waals surface area contributed by atoms with Gasteiger partial charge >= 0.3 is 0 Å². The number of carbonyl (C=O) groups is 1. The number of nitrogens with zero attached hydrogens (tertiary/aromatic N) is 2. The van der Waals surface area contributed by atoms with E-state index in [1.165, 1.54) is 17.3 Å². The number of ether oxygens (including phenoxy) is 2. The second kappa shape index (κ2) is 8.84. The Balaban J connectivity index is 1.71. The van der Waals surface area contributed by atoms with E-state index in [0.717, 1.165) is 10.8 Å². The molecule has 1 amide bonds. The molecule has 0 aliphatic rings. The van der Waals surface area contributed by atoms with E-state index in [-0.39, 0.29) is 11.2 Å². The van der Waals surface area contributed by atoms with E-state index in [0.29, 0.717) is 17.2 Å². The van der Waals surface area contributed by atoms with Crippen LogP contribution in [0, 0.1) is 6.92 Å². The Bertz CT molecular complexity index is 971. The molecule has 2 aromatic carbocycles. The maximum absolute atomic E-state index is 12.7. The maximum atomic E-state index is 12.7. The number of nitrogens with one attached hydrogen (secondary N) is 1. The van der Waals surface area contributed by atoms with Crippen LogP contribution in [-0.4, -0.2) is 34.9 Å². The van der Waals surface area contributed by atoms with E-state index >= 15 is 0 Å². The van der Waals surface area contributed by atoms with Gasteiger partial charge in [-0.3, -0.25) is 9.36 Å². The maximum Gasteiger partial charge on any atom is 0.237 e. The quantitative estimate of drug-likeness (QED) is 0.602. The zero-order chi connectivity index (χ0) is 20.1. The van der Waals surface area contributed by atoms with Gasteiger partial charge in [-0.15, -0.1) is 0 Å². The van der Waals surface area contributed by atoms with Crippen LogP contribution >= 0.6 is 11.8 Å². The molecule has 1 unspecified atom stereocenters. The summed E-state index contributed by atoms with van der Waals surface area (Å²) in [6, 6.07) is 13.4. The highest BCUT2D eigenvalue weighted by Gasteiger charge is 2.18. The summed E-state index contributed by atoms with van der Waals surface area (Å²) in [5, 5.41) is 3.35. The van der Waals surface area contributed by atoms with Gasteiger partial charge in [0.2, 0.25) is 5.91 Å². The fraction of sp³-hybridized carbons (Fsp3) is 0.238. The number of aromatic nitrogens is 2. The lowest BCUT2D eigenvalue weighted by Gasteiger charge is -2.14. The van der Waals surface area contributed by atoms with Gasteiger partial charge in [-0.25, -0.2) is 4.98 Å². The molecule has 3 rings (SSSR count). The molecule has 1 N–H and O–H groups in total. The number of benzene rings is 2. The van der Waals surface area contributed by atoms with Crippen molar-refractivity contribution in [2.24, 2.45) is 0 Å². The molecule has 28 heavy (non-hydrogen) atoms. The van der Waals surface area contributed by atoms with Gasteiger partial charge in [-0.1, -0.05) is 23.9 Å². The van der Waals surface area contributed by atoms with Crippen molar-refractivity contribution in [1.82, 2.24) is 9.55 Å². The van der Waals surface area contributed by atoms with E-state index in [1.54, 1.807) is 38.6 Å². The van der Waals surface area contributed by atoms with Crippen molar-refractivity contribution < 1.29 is 14.3 Å². The molecular weight excluding hydrogens is 374 g/mol. The summed E-state index contributed by atoms with van der Waals surface area (Å²) in [7, 11) is 3.14. The van der Waals surface area contributed by atoms with Gasteiger partial charge in [0.1, 0.15) is 0 Å². The number of anilines is 1. The van der Waals surface area contributed by atoms with Gasteiger partial charge in [0, 0.05) is 29.8 Å². The lowest BCUT2D eigenvalue weighted by atomic mass is 10.2. The van der Waals surface area contributed by atoms with Gasteiger partial charge in [-0.05, 0) is 43.7 Å². The predicted octanol–water partition coefficient (Wildman–Crippen LogP) is 4.32. The Morgan fingerprint density at radius 2 is 1.93 bits per heavy atom. The number of hydrogen-bond acceptors (Lipinski definition) is 5. The van der Waals surface area contributed by atoms with E-state index < -0.39 is 0 Å². The minimum atomic E-state index is -0.334. The first kappa shape index (κ1) is 19.8. The Kier molecular flexibility index (Phi) is 6.26. The highest BCUT2D eigenvalue weighted by molar-refractivity contribution is 8.00. The van der Waals surface area contributed by atoms with Crippen LogP contribution in [0.3, 0.4) is 0 Å². The molecule has 0 saturated carbocycles.